The molecule has 2 aromatic carbocycles. The van der Waals surface area contributed by atoms with Gasteiger partial charge in [-0.1, -0.05) is 78.5 Å². The summed E-state index contributed by atoms with van der Waals surface area (Å²) in [7, 11) is 1.87. The van der Waals surface area contributed by atoms with Crippen molar-refractivity contribution in [3.8, 4) is 0 Å². The first kappa shape index (κ1) is 17.2. The third-order valence-corrected chi connectivity index (χ3v) is 4.92. The first-order valence-corrected chi connectivity index (χ1v) is 9.13. The molecule has 4 heteroatoms. The van der Waals surface area contributed by atoms with Crippen molar-refractivity contribution >= 4 is 17.7 Å². The molecule has 0 aliphatic carbocycles. The molecule has 0 saturated heterocycles. The molecule has 1 aromatic heterocycles. The lowest BCUT2D eigenvalue weighted by atomic mass is 9.97. The second kappa shape index (κ2) is 8.49. The summed E-state index contributed by atoms with van der Waals surface area (Å²) >= 11 is 1.46. The number of benzene rings is 2. The number of carbonyl (C=O) groups excluding carboxylic acids is 1. The highest BCUT2D eigenvalue weighted by Gasteiger charge is 2.23. The maximum Gasteiger partial charge on any atom is 0.233 e. The minimum Gasteiger partial charge on any atom is -0.334 e. The van der Waals surface area contributed by atoms with Gasteiger partial charge in [-0.15, -0.1) is 0 Å². The van der Waals surface area contributed by atoms with Gasteiger partial charge in [0, 0.05) is 13.2 Å². The SMILES string of the molecule is CN(C(=O)CSc1ccccn1)C(c1ccccc1)c1ccccc1. The summed E-state index contributed by atoms with van der Waals surface area (Å²) in [5, 5.41) is 0.861. The maximum absolute atomic E-state index is 12.8. The van der Waals surface area contributed by atoms with Crippen LogP contribution in [0.25, 0.3) is 0 Å². The molecule has 0 N–H and O–H groups in total. The van der Waals surface area contributed by atoms with Crippen molar-refractivity contribution in [2.75, 3.05) is 12.8 Å². The number of nitrogens with zero attached hydrogens (tertiary/aromatic N) is 2. The molecule has 0 aliphatic rings. The second-order valence-electron chi connectivity index (χ2n) is 5.69. The van der Waals surface area contributed by atoms with Gasteiger partial charge < -0.3 is 4.90 Å². The van der Waals surface area contributed by atoms with Gasteiger partial charge in [-0.2, -0.15) is 0 Å². The normalized spacial score (nSPS) is 10.6. The molecule has 1 amide bonds. The number of pyridine rings is 1. The van der Waals surface area contributed by atoms with Crippen LogP contribution in [0.15, 0.2) is 90.1 Å². The molecule has 0 aliphatic heterocycles. The van der Waals surface area contributed by atoms with E-state index in [1.165, 1.54) is 11.8 Å². The van der Waals surface area contributed by atoms with Crippen LogP contribution >= 0.6 is 11.8 Å². The molecule has 1 heterocycles. The Bertz CT molecular complexity index is 754. The van der Waals surface area contributed by atoms with Crippen molar-refractivity contribution < 1.29 is 4.79 Å². The molecule has 0 fully saturated rings. The van der Waals surface area contributed by atoms with Crippen LogP contribution in [0.1, 0.15) is 17.2 Å². The van der Waals surface area contributed by atoms with Crippen LogP contribution in [0.4, 0.5) is 0 Å². The molecule has 0 spiro atoms. The Labute approximate surface area is 152 Å². The fourth-order valence-electron chi connectivity index (χ4n) is 2.72. The molecule has 0 radical (unpaired) electrons. The molecule has 25 heavy (non-hydrogen) atoms. The lowest BCUT2D eigenvalue weighted by molar-refractivity contribution is -0.128. The smallest absolute Gasteiger partial charge is 0.233 e. The topological polar surface area (TPSA) is 33.2 Å². The molecule has 3 rings (SSSR count). The Morgan fingerprint density at radius 1 is 0.920 bits per heavy atom. The van der Waals surface area contributed by atoms with E-state index in [1.807, 2.05) is 66.5 Å². The van der Waals surface area contributed by atoms with E-state index >= 15 is 0 Å². The van der Waals surface area contributed by atoms with Crippen molar-refractivity contribution in [1.29, 1.82) is 0 Å². The Morgan fingerprint density at radius 2 is 1.48 bits per heavy atom. The third kappa shape index (κ3) is 4.48. The van der Waals surface area contributed by atoms with Crippen LogP contribution in [0.2, 0.25) is 0 Å². The van der Waals surface area contributed by atoms with Gasteiger partial charge in [-0.25, -0.2) is 4.98 Å². The average Bonchev–Trinajstić information content (AvgIpc) is 2.69. The minimum atomic E-state index is -0.0979. The molecule has 0 atom stereocenters. The van der Waals surface area contributed by atoms with E-state index in [0.717, 1.165) is 16.2 Å². The van der Waals surface area contributed by atoms with Crippen LogP contribution < -0.4 is 0 Å². The minimum absolute atomic E-state index is 0.0772. The van der Waals surface area contributed by atoms with Gasteiger partial charge in [-0.3, -0.25) is 4.79 Å². The highest BCUT2D eigenvalue weighted by atomic mass is 32.2. The van der Waals surface area contributed by atoms with Gasteiger partial charge in [0.15, 0.2) is 0 Å². The lowest BCUT2D eigenvalue weighted by Crippen LogP contribution is -2.33. The van der Waals surface area contributed by atoms with E-state index in [0.29, 0.717) is 5.75 Å². The van der Waals surface area contributed by atoms with Gasteiger partial charge in [0.05, 0.1) is 16.8 Å². The van der Waals surface area contributed by atoms with Gasteiger partial charge in [-0.05, 0) is 23.3 Å². The molecular weight excluding hydrogens is 328 g/mol. The Hall–Kier alpha value is -2.59. The predicted octanol–water partition coefficient (Wildman–Crippen LogP) is 4.42. The molecule has 0 saturated carbocycles. The number of rotatable bonds is 6. The van der Waals surface area contributed by atoms with E-state index in [1.54, 1.807) is 6.20 Å². The third-order valence-electron chi connectivity index (χ3n) is 3.99. The molecule has 3 nitrogen and oxygen atoms in total. The van der Waals surface area contributed by atoms with Crippen LogP contribution in [-0.2, 0) is 4.79 Å². The summed E-state index contributed by atoms with van der Waals surface area (Å²) < 4.78 is 0. The number of carbonyl (C=O) groups is 1. The van der Waals surface area contributed by atoms with Crippen molar-refractivity contribution in [3.05, 3.63) is 96.2 Å². The van der Waals surface area contributed by atoms with Gasteiger partial charge in [0.25, 0.3) is 0 Å². The first-order valence-electron chi connectivity index (χ1n) is 8.15. The maximum atomic E-state index is 12.8. The molecule has 0 unspecified atom stereocenters. The summed E-state index contributed by atoms with van der Waals surface area (Å²) in [5.41, 5.74) is 2.21. The second-order valence-corrected chi connectivity index (χ2v) is 6.68. The molecular formula is C21H20N2OS. The summed E-state index contributed by atoms with van der Waals surface area (Å²) in [4.78, 5) is 18.9. The van der Waals surface area contributed by atoms with Gasteiger partial charge in [0.2, 0.25) is 5.91 Å². The van der Waals surface area contributed by atoms with Crippen LogP contribution in [0, 0.1) is 0 Å². The van der Waals surface area contributed by atoms with Crippen molar-refractivity contribution in [3.63, 3.8) is 0 Å². The number of thioether (sulfide) groups is 1. The van der Waals surface area contributed by atoms with E-state index in [-0.39, 0.29) is 11.9 Å². The largest absolute Gasteiger partial charge is 0.334 e. The molecule has 3 aromatic rings. The standard InChI is InChI=1S/C21H20N2OS/c1-23(20(24)16-25-19-14-8-9-15-22-19)21(17-10-4-2-5-11-17)18-12-6-3-7-13-18/h2-15,21H,16H2,1H3. The summed E-state index contributed by atoms with van der Waals surface area (Å²) in [6.07, 6.45) is 1.74. The Kier molecular flexibility index (Phi) is 5.86. The van der Waals surface area contributed by atoms with Crippen molar-refractivity contribution in [1.82, 2.24) is 9.88 Å². The van der Waals surface area contributed by atoms with Gasteiger partial charge >= 0.3 is 0 Å². The average molecular weight is 348 g/mol. The highest BCUT2D eigenvalue weighted by Crippen LogP contribution is 2.28. The fraction of sp³-hybridized carbons (Fsp3) is 0.143. The zero-order valence-corrected chi connectivity index (χ0v) is 14.9. The number of aromatic nitrogens is 1. The van der Waals surface area contributed by atoms with Crippen LogP contribution in [0.5, 0.6) is 0 Å². The quantitative estimate of drug-likeness (QED) is 0.618. The monoisotopic (exact) mass is 348 g/mol. The zero-order chi connectivity index (χ0) is 17.5. The number of hydrogen-bond acceptors (Lipinski definition) is 3. The Balaban J connectivity index is 1.79. The predicted molar refractivity (Wildman–Crippen MR) is 102 cm³/mol. The zero-order valence-electron chi connectivity index (χ0n) is 14.1. The van der Waals surface area contributed by atoms with Gasteiger partial charge in [0.1, 0.15) is 0 Å². The number of hydrogen-bond donors (Lipinski definition) is 0. The summed E-state index contributed by atoms with van der Waals surface area (Å²) in [6.45, 7) is 0. The molecule has 0 bridgehead atoms. The summed E-state index contributed by atoms with van der Waals surface area (Å²) in [5.74, 6) is 0.442. The van der Waals surface area contributed by atoms with E-state index in [9.17, 15) is 4.79 Å². The first-order chi connectivity index (χ1) is 12.3. The van der Waals surface area contributed by atoms with Crippen LogP contribution in [0.3, 0.4) is 0 Å². The Morgan fingerprint density at radius 3 is 2.00 bits per heavy atom. The van der Waals surface area contributed by atoms with Crippen molar-refractivity contribution in [2.24, 2.45) is 0 Å². The van der Waals surface area contributed by atoms with E-state index in [2.05, 4.69) is 29.2 Å². The fourth-order valence-corrected chi connectivity index (χ4v) is 3.51. The van der Waals surface area contributed by atoms with E-state index < -0.39 is 0 Å². The van der Waals surface area contributed by atoms with Crippen molar-refractivity contribution in [2.45, 2.75) is 11.1 Å². The lowest BCUT2D eigenvalue weighted by Gasteiger charge is -2.29. The number of amides is 1. The van der Waals surface area contributed by atoms with E-state index in [4.69, 9.17) is 0 Å². The summed E-state index contributed by atoms with van der Waals surface area (Å²) in [6, 6.07) is 25.9. The molecule has 126 valence electrons. The van der Waals surface area contributed by atoms with Crippen LogP contribution in [-0.4, -0.2) is 28.6 Å². The highest BCUT2D eigenvalue weighted by molar-refractivity contribution is 7.99.